The first kappa shape index (κ1) is 14.9. The van der Waals surface area contributed by atoms with Gasteiger partial charge in [-0.25, -0.2) is 0 Å². The molecule has 0 spiro atoms. The molecule has 1 atom stereocenters. The van der Waals surface area contributed by atoms with E-state index in [0.29, 0.717) is 0 Å². The van der Waals surface area contributed by atoms with E-state index < -0.39 is 0 Å². The fourth-order valence-corrected chi connectivity index (χ4v) is 3.76. The molecule has 0 bridgehead atoms. The molecule has 19 heavy (non-hydrogen) atoms. The standard InChI is InChI=1S/C15H13Br2ClO/c1-9-7-11(19-2)4-6-12(9)15(17)13-5-3-10(16)8-14(13)18/h3-8,15H,1-2H3. The lowest BCUT2D eigenvalue weighted by Gasteiger charge is -2.16. The van der Waals surface area contributed by atoms with E-state index in [-0.39, 0.29) is 4.83 Å². The zero-order valence-electron chi connectivity index (χ0n) is 10.6. The minimum atomic E-state index is 0.0685. The van der Waals surface area contributed by atoms with Crippen molar-refractivity contribution in [1.29, 1.82) is 0 Å². The van der Waals surface area contributed by atoms with Crippen molar-refractivity contribution in [3.05, 3.63) is 62.6 Å². The average molecular weight is 405 g/mol. The van der Waals surface area contributed by atoms with E-state index in [1.807, 2.05) is 30.3 Å². The SMILES string of the molecule is COc1ccc(C(Br)c2ccc(Br)cc2Cl)c(C)c1. The first-order valence-electron chi connectivity index (χ1n) is 5.76. The van der Waals surface area contributed by atoms with Crippen LogP contribution >= 0.6 is 43.5 Å². The van der Waals surface area contributed by atoms with Crippen LogP contribution in [0.2, 0.25) is 5.02 Å². The van der Waals surface area contributed by atoms with Crippen LogP contribution < -0.4 is 4.74 Å². The molecule has 0 saturated carbocycles. The fourth-order valence-electron chi connectivity index (χ4n) is 1.93. The van der Waals surface area contributed by atoms with Crippen LogP contribution in [0.1, 0.15) is 21.5 Å². The van der Waals surface area contributed by atoms with Crippen molar-refractivity contribution >= 4 is 43.5 Å². The second-order valence-electron chi connectivity index (χ2n) is 4.25. The Hall–Kier alpha value is -0.510. The fraction of sp³-hybridized carbons (Fsp3) is 0.200. The highest BCUT2D eigenvalue weighted by Gasteiger charge is 2.16. The van der Waals surface area contributed by atoms with Crippen LogP contribution in [0.15, 0.2) is 40.9 Å². The van der Waals surface area contributed by atoms with E-state index in [2.05, 4.69) is 44.8 Å². The first-order chi connectivity index (χ1) is 9.02. The molecule has 4 heteroatoms. The van der Waals surface area contributed by atoms with Gasteiger partial charge in [-0.2, -0.15) is 0 Å². The largest absolute Gasteiger partial charge is 0.497 e. The Morgan fingerprint density at radius 3 is 2.37 bits per heavy atom. The molecular formula is C15H13Br2ClO. The van der Waals surface area contributed by atoms with Gasteiger partial charge >= 0.3 is 0 Å². The number of aryl methyl sites for hydroxylation is 1. The molecule has 0 amide bonds. The van der Waals surface area contributed by atoms with E-state index in [1.165, 1.54) is 11.1 Å². The van der Waals surface area contributed by atoms with E-state index in [0.717, 1.165) is 20.8 Å². The summed E-state index contributed by atoms with van der Waals surface area (Å²) in [5, 5.41) is 0.742. The number of rotatable bonds is 3. The van der Waals surface area contributed by atoms with Crippen molar-refractivity contribution in [2.45, 2.75) is 11.8 Å². The molecule has 0 heterocycles. The normalized spacial score (nSPS) is 12.3. The molecule has 2 aromatic carbocycles. The van der Waals surface area contributed by atoms with E-state index >= 15 is 0 Å². The van der Waals surface area contributed by atoms with Crippen LogP contribution in [0.5, 0.6) is 5.75 Å². The van der Waals surface area contributed by atoms with Gasteiger partial charge in [0, 0.05) is 9.50 Å². The molecule has 0 N–H and O–H groups in total. The molecule has 0 fully saturated rings. The first-order valence-corrected chi connectivity index (χ1v) is 7.85. The van der Waals surface area contributed by atoms with Crippen molar-refractivity contribution in [3.8, 4) is 5.75 Å². The average Bonchev–Trinajstić information content (AvgIpc) is 2.37. The molecule has 0 aliphatic heterocycles. The molecule has 1 nitrogen and oxygen atoms in total. The van der Waals surface area contributed by atoms with Gasteiger partial charge in [0.1, 0.15) is 5.75 Å². The van der Waals surface area contributed by atoms with Crippen LogP contribution in [0, 0.1) is 6.92 Å². The maximum Gasteiger partial charge on any atom is 0.119 e. The van der Waals surface area contributed by atoms with Gasteiger partial charge in [0.25, 0.3) is 0 Å². The third-order valence-corrected chi connectivity index (χ3v) is 4.79. The van der Waals surface area contributed by atoms with Crippen molar-refractivity contribution in [2.24, 2.45) is 0 Å². The number of hydrogen-bond acceptors (Lipinski definition) is 1. The third kappa shape index (κ3) is 3.33. The van der Waals surface area contributed by atoms with Gasteiger partial charge in [-0.05, 0) is 47.9 Å². The second kappa shape index (κ2) is 6.29. The Labute approximate surface area is 135 Å². The summed E-state index contributed by atoms with van der Waals surface area (Å²) in [6.45, 7) is 2.07. The third-order valence-electron chi connectivity index (χ3n) is 2.99. The minimum Gasteiger partial charge on any atom is -0.497 e. The lowest BCUT2D eigenvalue weighted by Crippen LogP contribution is -1.97. The highest BCUT2D eigenvalue weighted by Crippen LogP contribution is 2.38. The lowest BCUT2D eigenvalue weighted by molar-refractivity contribution is 0.414. The molecule has 2 rings (SSSR count). The molecule has 0 aliphatic carbocycles. The van der Waals surface area contributed by atoms with Crippen LogP contribution in [-0.4, -0.2) is 7.11 Å². The highest BCUT2D eigenvalue weighted by atomic mass is 79.9. The zero-order valence-corrected chi connectivity index (χ0v) is 14.5. The Morgan fingerprint density at radius 1 is 1.11 bits per heavy atom. The van der Waals surface area contributed by atoms with Gasteiger partial charge in [0.15, 0.2) is 0 Å². The number of halogens is 3. The monoisotopic (exact) mass is 402 g/mol. The number of ether oxygens (including phenoxy) is 1. The number of methoxy groups -OCH3 is 1. The summed E-state index contributed by atoms with van der Waals surface area (Å²) in [6, 6.07) is 12.0. The van der Waals surface area contributed by atoms with Gasteiger partial charge in [0.2, 0.25) is 0 Å². The summed E-state index contributed by atoms with van der Waals surface area (Å²) >= 11 is 13.4. The predicted molar refractivity (Wildman–Crippen MR) is 87.7 cm³/mol. The maximum atomic E-state index is 6.30. The van der Waals surface area contributed by atoms with Crippen molar-refractivity contribution in [1.82, 2.24) is 0 Å². The summed E-state index contributed by atoms with van der Waals surface area (Å²) in [6.07, 6.45) is 0. The Morgan fingerprint density at radius 2 is 1.79 bits per heavy atom. The quantitative estimate of drug-likeness (QED) is 0.579. The van der Waals surface area contributed by atoms with Gasteiger partial charge in [0.05, 0.1) is 11.9 Å². The van der Waals surface area contributed by atoms with Crippen molar-refractivity contribution in [3.63, 3.8) is 0 Å². The number of alkyl halides is 1. The minimum absolute atomic E-state index is 0.0685. The van der Waals surface area contributed by atoms with Crippen LogP contribution in [0.25, 0.3) is 0 Å². The van der Waals surface area contributed by atoms with Gasteiger partial charge in [-0.1, -0.05) is 55.6 Å². The Bertz CT molecular complexity index is 599. The summed E-state index contributed by atoms with van der Waals surface area (Å²) in [4.78, 5) is 0.0685. The molecule has 100 valence electrons. The van der Waals surface area contributed by atoms with Crippen LogP contribution in [0.4, 0.5) is 0 Å². The topological polar surface area (TPSA) is 9.23 Å². The summed E-state index contributed by atoms with van der Waals surface area (Å²) in [5.74, 6) is 0.864. The van der Waals surface area contributed by atoms with Gasteiger partial charge in [-0.3, -0.25) is 0 Å². The summed E-state index contributed by atoms with van der Waals surface area (Å²) in [5.41, 5.74) is 3.41. The molecule has 1 unspecified atom stereocenters. The zero-order chi connectivity index (χ0) is 14.0. The smallest absolute Gasteiger partial charge is 0.119 e. The van der Waals surface area contributed by atoms with Crippen molar-refractivity contribution < 1.29 is 4.74 Å². The molecule has 0 aromatic heterocycles. The van der Waals surface area contributed by atoms with Gasteiger partial charge < -0.3 is 4.74 Å². The molecular weight excluding hydrogens is 391 g/mol. The van der Waals surface area contributed by atoms with Gasteiger partial charge in [-0.15, -0.1) is 0 Å². The maximum absolute atomic E-state index is 6.30. The lowest BCUT2D eigenvalue weighted by atomic mass is 10.00. The number of benzene rings is 2. The summed E-state index contributed by atoms with van der Waals surface area (Å²) < 4.78 is 6.21. The number of hydrogen-bond donors (Lipinski definition) is 0. The predicted octanol–water partition coefficient (Wildman–Crippen LogP) is 5.90. The Kier molecular flexibility index (Phi) is 4.93. The second-order valence-corrected chi connectivity index (χ2v) is 6.49. The Balaban J connectivity index is 2.41. The molecule has 0 radical (unpaired) electrons. The van der Waals surface area contributed by atoms with Crippen LogP contribution in [-0.2, 0) is 0 Å². The van der Waals surface area contributed by atoms with E-state index in [9.17, 15) is 0 Å². The van der Waals surface area contributed by atoms with E-state index in [4.69, 9.17) is 16.3 Å². The molecule has 0 aliphatic rings. The van der Waals surface area contributed by atoms with E-state index in [1.54, 1.807) is 7.11 Å². The highest BCUT2D eigenvalue weighted by molar-refractivity contribution is 9.10. The molecule has 0 saturated heterocycles. The van der Waals surface area contributed by atoms with Crippen LogP contribution in [0.3, 0.4) is 0 Å². The molecule has 2 aromatic rings. The van der Waals surface area contributed by atoms with Crippen molar-refractivity contribution in [2.75, 3.05) is 7.11 Å². The summed E-state index contributed by atoms with van der Waals surface area (Å²) in [7, 11) is 1.67.